The Bertz CT molecular complexity index is 706. The van der Waals surface area contributed by atoms with Crippen molar-refractivity contribution in [2.45, 2.75) is 12.8 Å². The first-order valence-corrected chi connectivity index (χ1v) is 7.21. The number of aromatic nitrogens is 2. The van der Waals surface area contributed by atoms with Gasteiger partial charge in [-0.15, -0.1) is 0 Å². The van der Waals surface area contributed by atoms with Gasteiger partial charge in [0.15, 0.2) is 0 Å². The van der Waals surface area contributed by atoms with Gasteiger partial charge in [0.25, 0.3) is 0 Å². The van der Waals surface area contributed by atoms with Crippen molar-refractivity contribution in [3.05, 3.63) is 48.5 Å². The second-order valence-electron chi connectivity index (χ2n) is 5.31. The second kappa shape index (κ2) is 4.67. The molecule has 3 aromatic rings. The predicted octanol–water partition coefficient (Wildman–Crippen LogP) is 3.83. The quantitative estimate of drug-likeness (QED) is 0.762. The number of aromatic amines is 1. The number of hydrogen-bond acceptors (Lipinski definition) is 2. The van der Waals surface area contributed by atoms with Gasteiger partial charge in [-0.25, -0.2) is 4.98 Å². The molecule has 1 aliphatic rings. The largest absolute Gasteiger partial charge is 0.371 e. The Labute approximate surface area is 118 Å². The van der Waals surface area contributed by atoms with Gasteiger partial charge >= 0.3 is 0 Å². The molecule has 0 atom stereocenters. The van der Waals surface area contributed by atoms with Gasteiger partial charge in [0, 0.05) is 24.3 Å². The van der Waals surface area contributed by atoms with E-state index in [0.717, 1.165) is 29.9 Å². The van der Waals surface area contributed by atoms with Crippen molar-refractivity contribution in [2.75, 3.05) is 18.0 Å². The molecule has 1 aromatic heterocycles. The molecule has 0 unspecified atom stereocenters. The van der Waals surface area contributed by atoms with E-state index in [2.05, 4.69) is 40.2 Å². The fourth-order valence-electron chi connectivity index (χ4n) is 2.99. The lowest BCUT2D eigenvalue weighted by Gasteiger charge is -2.20. The van der Waals surface area contributed by atoms with Crippen molar-refractivity contribution in [3.8, 4) is 11.4 Å². The van der Waals surface area contributed by atoms with Crippen molar-refractivity contribution >= 4 is 16.7 Å². The summed E-state index contributed by atoms with van der Waals surface area (Å²) in [5.41, 5.74) is 4.62. The number of para-hydroxylation sites is 3. The lowest BCUT2D eigenvalue weighted by molar-refractivity contribution is 0.949. The SMILES string of the molecule is c1ccc(N2CCCC2)c(-c2nc3ccccc3[nH]2)c1. The summed E-state index contributed by atoms with van der Waals surface area (Å²) in [7, 11) is 0. The van der Waals surface area contributed by atoms with Crippen LogP contribution in [0.1, 0.15) is 12.8 Å². The average molecular weight is 263 g/mol. The zero-order valence-corrected chi connectivity index (χ0v) is 11.3. The zero-order valence-electron chi connectivity index (χ0n) is 11.3. The minimum absolute atomic E-state index is 0.966. The third kappa shape index (κ3) is 1.86. The van der Waals surface area contributed by atoms with Crippen LogP contribution in [0.4, 0.5) is 5.69 Å². The van der Waals surface area contributed by atoms with Gasteiger partial charge < -0.3 is 9.88 Å². The summed E-state index contributed by atoms with van der Waals surface area (Å²) in [6.45, 7) is 2.30. The Morgan fingerprint density at radius 1 is 0.900 bits per heavy atom. The van der Waals surface area contributed by atoms with E-state index >= 15 is 0 Å². The highest BCUT2D eigenvalue weighted by Crippen LogP contribution is 2.32. The molecule has 4 rings (SSSR count). The molecule has 3 nitrogen and oxygen atoms in total. The Hall–Kier alpha value is -2.29. The van der Waals surface area contributed by atoms with E-state index in [1.165, 1.54) is 24.1 Å². The number of rotatable bonds is 2. The minimum Gasteiger partial charge on any atom is -0.371 e. The molecule has 1 aliphatic heterocycles. The number of benzene rings is 2. The molecule has 0 saturated carbocycles. The number of nitrogens with zero attached hydrogens (tertiary/aromatic N) is 2. The highest BCUT2D eigenvalue weighted by molar-refractivity contribution is 5.83. The second-order valence-corrected chi connectivity index (χ2v) is 5.31. The van der Waals surface area contributed by atoms with Gasteiger partial charge in [0.05, 0.1) is 11.0 Å². The monoisotopic (exact) mass is 263 g/mol. The van der Waals surface area contributed by atoms with Crippen LogP contribution in [0, 0.1) is 0 Å². The molecule has 0 aliphatic carbocycles. The van der Waals surface area contributed by atoms with Crippen LogP contribution in [0.15, 0.2) is 48.5 Å². The molecule has 20 heavy (non-hydrogen) atoms. The molecule has 2 aromatic carbocycles. The number of imidazole rings is 1. The van der Waals surface area contributed by atoms with Gasteiger partial charge in [0.2, 0.25) is 0 Å². The van der Waals surface area contributed by atoms with Crippen LogP contribution in [0.25, 0.3) is 22.4 Å². The van der Waals surface area contributed by atoms with E-state index in [0.29, 0.717) is 0 Å². The van der Waals surface area contributed by atoms with Crippen molar-refractivity contribution < 1.29 is 0 Å². The Morgan fingerprint density at radius 2 is 1.65 bits per heavy atom. The van der Waals surface area contributed by atoms with E-state index < -0.39 is 0 Å². The lowest BCUT2D eigenvalue weighted by Crippen LogP contribution is -2.18. The van der Waals surface area contributed by atoms with E-state index in [9.17, 15) is 0 Å². The number of fused-ring (bicyclic) bond motifs is 1. The highest BCUT2D eigenvalue weighted by Gasteiger charge is 2.17. The molecular formula is C17H17N3. The molecule has 1 N–H and O–H groups in total. The first kappa shape index (κ1) is 11.5. The average Bonchev–Trinajstić information content (AvgIpc) is 3.16. The van der Waals surface area contributed by atoms with Crippen molar-refractivity contribution in [1.29, 1.82) is 0 Å². The molecule has 2 heterocycles. The van der Waals surface area contributed by atoms with Gasteiger partial charge in [0.1, 0.15) is 5.82 Å². The maximum absolute atomic E-state index is 4.73. The van der Waals surface area contributed by atoms with Crippen LogP contribution in [0.5, 0.6) is 0 Å². The molecule has 1 fully saturated rings. The van der Waals surface area contributed by atoms with Crippen LogP contribution in [0.3, 0.4) is 0 Å². The third-order valence-electron chi connectivity index (χ3n) is 4.00. The minimum atomic E-state index is 0.966. The van der Waals surface area contributed by atoms with Crippen LogP contribution >= 0.6 is 0 Å². The van der Waals surface area contributed by atoms with Gasteiger partial charge in [-0.2, -0.15) is 0 Å². The van der Waals surface area contributed by atoms with Gasteiger partial charge in [-0.3, -0.25) is 0 Å². The Kier molecular flexibility index (Phi) is 2.69. The third-order valence-corrected chi connectivity index (χ3v) is 4.00. The summed E-state index contributed by atoms with van der Waals surface area (Å²) in [4.78, 5) is 10.6. The van der Waals surface area contributed by atoms with Crippen molar-refractivity contribution in [1.82, 2.24) is 9.97 Å². The first-order chi connectivity index (χ1) is 9.92. The maximum Gasteiger partial charge on any atom is 0.140 e. The van der Waals surface area contributed by atoms with Crippen LogP contribution < -0.4 is 4.90 Å². The first-order valence-electron chi connectivity index (χ1n) is 7.21. The Balaban J connectivity index is 1.84. The zero-order chi connectivity index (χ0) is 13.4. The molecular weight excluding hydrogens is 246 g/mol. The topological polar surface area (TPSA) is 31.9 Å². The fraction of sp³-hybridized carbons (Fsp3) is 0.235. The summed E-state index contributed by atoms with van der Waals surface area (Å²) in [6.07, 6.45) is 2.57. The summed E-state index contributed by atoms with van der Waals surface area (Å²) in [5.74, 6) is 0.966. The number of H-pyrrole nitrogens is 1. The predicted molar refractivity (Wildman–Crippen MR) is 83.0 cm³/mol. The number of anilines is 1. The molecule has 0 amide bonds. The van der Waals surface area contributed by atoms with Crippen LogP contribution in [-0.2, 0) is 0 Å². The normalized spacial score (nSPS) is 15.1. The van der Waals surface area contributed by atoms with Crippen LogP contribution in [0.2, 0.25) is 0 Å². The van der Waals surface area contributed by atoms with E-state index in [1.54, 1.807) is 0 Å². The standard InChI is InChI=1S/C17H17N3/c1-4-10-16(20-11-5-6-12-20)13(7-1)17-18-14-8-2-3-9-15(14)19-17/h1-4,7-10H,5-6,11-12H2,(H,18,19). The van der Waals surface area contributed by atoms with E-state index in [4.69, 9.17) is 4.98 Å². The molecule has 3 heteroatoms. The number of nitrogens with one attached hydrogen (secondary N) is 1. The number of hydrogen-bond donors (Lipinski definition) is 1. The highest BCUT2D eigenvalue weighted by atomic mass is 15.1. The van der Waals surface area contributed by atoms with Crippen molar-refractivity contribution in [2.24, 2.45) is 0 Å². The molecule has 0 radical (unpaired) electrons. The van der Waals surface area contributed by atoms with Gasteiger partial charge in [-0.1, -0.05) is 24.3 Å². The summed E-state index contributed by atoms with van der Waals surface area (Å²) in [5, 5.41) is 0. The summed E-state index contributed by atoms with van der Waals surface area (Å²) in [6, 6.07) is 16.7. The summed E-state index contributed by atoms with van der Waals surface area (Å²) < 4.78 is 0. The molecule has 0 spiro atoms. The maximum atomic E-state index is 4.73. The Morgan fingerprint density at radius 3 is 2.50 bits per heavy atom. The molecule has 0 bridgehead atoms. The molecule has 1 saturated heterocycles. The van der Waals surface area contributed by atoms with Crippen LogP contribution in [-0.4, -0.2) is 23.1 Å². The van der Waals surface area contributed by atoms with E-state index in [1.807, 2.05) is 18.2 Å². The smallest absolute Gasteiger partial charge is 0.140 e. The lowest BCUT2D eigenvalue weighted by atomic mass is 10.1. The summed E-state index contributed by atoms with van der Waals surface area (Å²) >= 11 is 0. The van der Waals surface area contributed by atoms with Gasteiger partial charge in [-0.05, 0) is 37.1 Å². The van der Waals surface area contributed by atoms with Crippen molar-refractivity contribution in [3.63, 3.8) is 0 Å². The fourth-order valence-corrected chi connectivity index (χ4v) is 2.99. The van der Waals surface area contributed by atoms with E-state index in [-0.39, 0.29) is 0 Å². The molecule has 100 valence electrons.